The summed E-state index contributed by atoms with van der Waals surface area (Å²) < 4.78 is 8.37. The third kappa shape index (κ3) is 3.57. The van der Waals surface area contributed by atoms with Gasteiger partial charge in [-0.15, -0.1) is 0 Å². The van der Waals surface area contributed by atoms with Crippen molar-refractivity contribution in [3.8, 4) is 0 Å². The Morgan fingerprint density at radius 3 is 2.69 bits per heavy atom. The van der Waals surface area contributed by atoms with Crippen LogP contribution in [0.5, 0.6) is 0 Å². The molecule has 0 aliphatic rings. The molecule has 0 aliphatic heterocycles. The number of aryl methyl sites for hydroxylation is 2. The van der Waals surface area contributed by atoms with E-state index < -0.39 is 0 Å². The van der Waals surface area contributed by atoms with Crippen LogP contribution in [0.3, 0.4) is 0 Å². The minimum atomic E-state index is 0.779. The first-order valence-corrected chi connectivity index (χ1v) is 6.29. The molecule has 0 N–H and O–H groups in total. The van der Waals surface area contributed by atoms with Gasteiger partial charge in [0.2, 0.25) is 0 Å². The zero-order chi connectivity index (χ0) is 12.1. The van der Waals surface area contributed by atoms with Crippen LogP contribution in [0.1, 0.15) is 18.3 Å². The maximum absolute atomic E-state index is 5.33. The van der Waals surface area contributed by atoms with E-state index >= 15 is 0 Å². The highest BCUT2D eigenvalue weighted by Crippen LogP contribution is 2.21. The molecular weight excluding hydrogens is 270 g/mol. The minimum absolute atomic E-state index is 0.779. The molecule has 0 unspecified atom stereocenters. The van der Waals surface area contributed by atoms with E-state index in [1.807, 2.05) is 25.6 Å². The Balaban J connectivity index is 2.52. The summed E-state index contributed by atoms with van der Waals surface area (Å²) in [5, 5.41) is 4.37. The fourth-order valence-electron chi connectivity index (χ4n) is 1.55. The summed E-state index contributed by atoms with van der Waals surface area (Å²) in [6, 6.07) is 0. The number of ether oxygens (including phenoxy) is 1. The minimum Gasteiger partial charge on any atom is -0.380 e. The van der Waals surface area contributed by atoms with Crippen LogP contribution in [-0.2, 0) is 18.3 Å². The first kappa shape index (κ1) is 13.7. The molecule has 1 aromatic rings. The Kier molecular flexibility index (Phi) is 5.44. The van der Waals surface area contributed by atoms with Crippen molar-refractivity contribution in [1.82, 2.24) is 14.7 Å². The maximum Gasteiger partial charge on any atom is 0.0739 e. The molecule has 16 heavy (non-hydrogen) atoms. The SMILES string of the molecule is CCOCCN(C)Cc1c(Br)c(C)nn1C. The van der Waals surface area contributed by atoms with Gasteiger partial charge in [-0.2, -0.15) is 5.10 Å². The number of nitrogens with zero attached hydrogens (tertiary/aromatic N) is 3. The Morgan fingerprint density at radius 2 is 2.19 bits per heavy atom. The molecule has 1 rings (SSSR count). The molecule has 4 nitrogen and oxygen atoms in total. The second kappa shape index (κ2) is 6.37. The molecule has 5 heteroatoms. The fraction of sp³-hybridized carbons (Fsp3) is 0.727. The van der Waals surface area contributed by atoms with E-state index in [1.165, 1.54) is 5.69 Å². The van der Waals surface area contributed by atoms with Crippen LogP contribution in [0.25, 0.3) is 0 Å². The van der Waals surface area contributed by atoms with Gasteiger partial charge in [0, 0.05) is 26.7 Å². The number of likely N-dealkylation sites (N-methyl/N-ethyl adjacent to an activating group) is 1. The largest absolute Gasteiger partial charge is 0.380 e. The molecule has 0 aromatic carbocycles. The van der Waals surface area contributed by atoms with E-state index in [2.05, 4.69) is 33.0 Å². The standard InChI is InChI=1S/C11H20BrN3O/c1-5-16-7-6-14(3)8-10-11(12)9(2)13-15(10)4/h5-8H2,1-4H3. The lowest BCUT2D eigenvalue weighted by Gasteiger charge is -2.16. The normalized spacial score (nSPS) is 11.4. The highest BCUT2D eigenvalue weighted by Gasteiger charge is 2.12. The number of hydrogen-bond acceptors (Lipinski definition) is 3. The van der Waals surface area contributed by atoms with E-state index in [0.29, 0.717) is 0 Å². The predicted octanol–water partition coefficient (Wildman–Crippen LogP) is 1.96. The lowest BCUT2D eigenvalue weighted by Crippen LogP contribution is -2.24. The summed E-state index contributed by atoms with van der Waals surface area (Å²) in [6.45, 7) is 7.40. The topological polar surface area (TPSA) is 30.3 Å². The van der Waals surface area contributed by atoms with Crippen molar-refractivity contribution < 1.29 is 4.74 Å². The number of halogens is 1. The molecule has 0 amide bonds. The van der Waals surface area contributed by atoms with Crippen LogP contribution in [0.15, 0.2) is 4.47 Å². The van der Waals surface area contributed by atoms with Crippen LogP contribution < -0.4 is 0 Å². The van der Waals surface area contributed by atoms with Crippen LogP contribution in [0.2, 0.25) is 0 Å². The molecule has 1 heterocycles. The first-order valence-electron chi connectivity index (χ1n) is 5.50. The highest BCUT2D eigenvalue weighted by atomic mass is 79.9. The Hall–Kier alpha value is -0.390. The zero-order valence-corrected chi connectivity index (χ0v) is 12.0. The van der Waals surface area contributed by atoms with E-state index in [1.54, 1.807) is 0 Å². The van der Waals surface area contributed by atoms with Gasteiger partial charge in [0.25, 0.3) is 0 Å². The predicted molar refractivity (Wildman–Crippen MR) is 68.5 cm³/mol. The lowest BCUT2D eigenvalue weighted by atomic mass is 10.3. The van der Waals surface area contributed by atoms with Gasteiger partial charge >= 0.3 is 0 Å². The Morgan fingerprint density at radius 1 is 1.50 bits per heavy atom. The zero-order valence-electron chi connectivity index (χ0n) is 10.5. The number of rotatable bonds is 6. The van der Waals surface area contributed by atoms with Gasteiger partial charge in [0.1, 0.15) is 0 Å². The van der Waals surface area contributed by atoms with Crippen LogP contribution >= 0.6 is 15.9 Å². The number of aromatic nitrogens is 2. The van der Waals surface area contributed by atoms with Crippen molar-refractivity contribution in [3.63, 3.8) is 0 Å². The van der Waals surface area contributed by atoms with Gasteiger partial charge in [-0.3, -0.25) is 9.58 Å². The van der Waals surface area contributed by atoms with E-state index in [9.17, 15) is 0 Å². The van der Waals surface area contributed by atoms with Gasteiger partial charge in [-0.1, -0.05) is 0 Å². The van der Waals surface area contributed by atoms with Gasteiger partial charge in [0.05, 0.1) is 22.5 Å². The van der Waals surface area contributed by atoms with Crippen molar-refractivity contribution in [3.05, 3.63) is 15.9 Å². The summed E-state index contributed by atoms with van der Waals surface area (Å²) in [5.41, 5.74) is 2.24. The smallest absolute Gasteiger partial charge is 0.0739 e. The molecule has 0 fully saturated rings. The average molecular weight is 290 g/mol. The van der Waals surface area contributed by atoms with Crippen LogP contribution in [-0.4, -0.2) is 41.5 Å². The summed E-state index contributed by atoms with van der Waals surface area (Å²) in [7, 11) is 4.07. The molecular formula is C11H20BrN3O. The first-order chi connectivity index (χ1) is 7.56. The molecule has 0 spiro atoms. The van der Waals surface area contributed by atoms with Gasteiger partial charge in [-0.05, 0) is 36.8 Å². The summed E-state index contributed by atoms with van der Waals surface area (Å²) in [4.78, 5) is 2.23. The van der Waals surface area contributed by atoms with E-state index in [-0.39, 0.29) is 0 Å². The third-order valence-electron chi connectivity index (χ3n) is 2.50. The monoisotopic (exact) mass is 289 g/mol. The Labute approximate surface area is 106 Å². The van der Waals surface area contributed by atoms with Gasteiger partial charge < -0.3 is 4.74 Å². The van der Waals surface area contributed by atoms with Crippen molar-refractivity contribution in [2.24, 2.45) is 7.05 Å². The molecule has 0 atom stereocenters. The van der Waals surface area contributed by atoms with E-state index in [0.717, 1.165) is 36.5 Å². The van der Waals surface area contributed by atoms with Crippen molar-refractivity contribution in [2.75, 3.05) is 26.8 Å². The second-order valence-electron chi connectivity index (χ2n) is 3.90. The maximum atomic E-state index is 5.33. The molecule has 0 radical (unpaired) electrons. The molecule has 1 aromatic heterocycles. The highest BCUT2D eigenvalue weighted by molar-refractivity contribution is 9.10. The third-order valence-corrected chi connectivity index (χ3v) is 3.53. The van der Waals surface area contributed by atoms with Gasteiger partial charge in [-0.25, -0.2) is 0 Å². The fourth-order valence-corrected chi connectivity index (χ4v) is 2.01. The molecule has 0 aliphatic carbocycles. The molecule has 0 saturated heterocycles. The van der Waals surface area contributed by atoms with Crippen molar-refractivity contribution in [2.45, 2.75) is 20.4 Å². The van der Waals surface area contributed by atoms with Crippen molar-refractivity contribution in [1.29, 1.82) is 0 Å². The molecule has 92 valence electrons. The average Bonchev–Trinajstić information content (AvgIpc) is 2.46. The van der Waals surface area contributed by atoms with Crippen LogP contribution in [0.4, 0.5) is 0 Å². The van der Waals surface area contributed by atoms with Gasteiger partial charge in [0.15, 0.2) is 0 Å². The quantitative estimate of drug-likeness (QED) is 0.750. The Bertz CT molecular complexity index is 338. The summed E-state index contributed by atoms with van der Waals surface area (Å²) >= 11 is 3.57. The van der Waals surface area contributed by atoms with Crippen LogP contribution in [0, 0.1) is 6.92 Å². The lowest BCUT2D eigenvalue weighted by molar-refractivity contribution is 0.119. The second-order valence-corrected chi connectivity index (χ2v) is 4.70. The molecule has 0 bridgehead atoms. The van der Waals surface area contributed by atoms with E-state index in [4.69, 9.17) is 4.74 Å². The summed E-state index contributed by atoms with van der Waals surface area (Å²) in [6.07, 6.45) is 0. The summed E-state index contributed by atoms with van der Waals surface area (Å²) in [5.74, 6) is 0. The number of hydrogen-bond donors (Lipinski definition) is 0. The molecule has 0 saturated carbocycles. The van der Waals surface area contributed by atoms with Crippen molar-refractivity contribution >= 4 is 15.9 Å².